The quantitative estimate of drug-likeness (QED) is 0.204. The molecule has 0 aliphatic carbocycles. The number of hydrogen-bond donors (Lipinski definition) is 0. The smallest absolute Gasteiger partial charge is 0.323 e. The van der Waals surface area contributed by atoms with E-state index in [1.165, 1.54) is 0 Å². The molecule has 8 heteroatoms. The molecule has 0 heterocycles. The Bertz CT molecular complexity index is 426. The van der Waals surface area contributed by atoms with E-state index in [0.29, 0.717) is 18.1 Å². The summed E-state index contributed by atoms with van der Waals surface area (Å²) in [6, 6.07) is 8.94. The lowest BCUT2D eigenvalue weighted by Gasteiger charge is -2.21. The lowest BCUT2D eigenvalue weighted by molar-refractivity contribution is -0.0862. The molecule has 0 fully saturated rings. The van der Waals surface area contributed by atoms with Crippen molar-refractivity contribution in [3.63, 3.8) is 0 Å². The van der Waals surface area contributed by atoms with Gasteiger partial charge in [-0.15, -0.1) is 0 Å². The molecule has 21 heavy (non-hydrogen) atoms. The molecule has 0 spiro atoms. The molecule has 0 unspecified atom stereocenters. The fraction of sp³-hybridized carbons (Fsp3) is 0.538. The van der Waals surface area contributed by atoms with Gasteiger partial charge in [0.25, 0.3) is 0 Å². The van der Waals surface area contributed by atoms with Crippen LogP contribution in [0.3, 0.4) is 0 Å². The Balaban J connectivity index is 2.31. The molecular weight excluding hydrogens is 315 g/mol. The maximum Gasteiger partial charge on any atom is 0.358 e. The summed E-state index contributed by atoms with van der Waals surface area (Å²) >= 11 is 0.575. The van der Waals surface area contributed by atoms with Crippen molar-refractivity contribution < 1.29 is 27.0 Å². The van der Waals surface area contributed by atoms with Gasteiger partial charge in [0, 0.05) is 0 Å². The number of hydrogen-bond acceptors (Lipinski definition) is 7. The molecule has 1 aromatic rings. The summed E-state index contributed by atoms with van der Waals surface area (Å²) < 4.78 is 32.9. The molecule has 0 N–H and O–H groups in total. The Morgan fingerprint density at radius 3 is 2.14 bits per heavy atom. The van der Waals surface area contributed by atoms with Crippen molar-refractivity contribution in [2.24, 2.45) is 0 Å². The molecule has 0 saturated carbocycles. The summed E-state index contributed by atoms with van der Waals surface area (Å²) in [7, 11) is -3.32. The predicted molar refractivity (Wildman–Crippen MR) is 81.7 cm³/mol. The van der Waals surface area contributed by atoms with Crippen LogP contribution in [0.1, 0.15) is 27.7 Å². The molecule has 1 rings (SSSR count). The van der Waals surface area contributed by atoms with Crippen LogP contribution in [0.2, 0.25) is 0 Å². The third-order valence-corrected chi connectivity index (χ3v) is 4.35. The molecule has 120 valence electrons. The Labute approximate surface area is 129 Å². The van der Waals surface area contributed by atoms with Gasteiger partial charge >= 0.3 is 7.60 Å². The minimum Gasteiger partial charge on any atom is -0.323 e. The molecule has 0 aliphatic rings. The Morgan fingerprint density at radius 2 is 1.62 bits per heavy atom. The largest absolute Gasteiger partial charge is 0.358 e. The zero-order valence-electron chi connectivity index (χ0n) is 12.6. The Hall–Kier alpha value is -0.560. The van der Waals surface area contributed by atoms with Crippen LogP contribution in [0.5, 0.6) is 5.75 Å². The van der Waals surface area contributed by atoms with Gasteiger partial charge in [-0.05, 0) is 39.8 Å². The van der Waals surface area contributed by atoms with Crippen molar-refractivity contribution in [3.8, 4) is 5.75 Å². The fourth-order valence-corrected chi connectivity index (χ4v) is 3.65. The molecule has 0 amide bonds. The first-order valence-electron chi connectivity index (χ1n) is 6.55. The van der Waals surface area contributed by atoms with E-state index in [0.717, 1.165) is 0 Å². The third kappa shape index (κ3) is 8.46. The van der Waals surface area contributed by atoms with Gasteiger partial charge in [0.2, 0.25) is 12.3 Å². The van der Waals surface area contributed by atoms with Gasteiger partial charge < -0.3 is 13.9 Å². The second kappa shape index (κ2) is 9.46. The van der Waals surface area contributed by atoms with Crippen LogP contribution in [0.15, 0.2) is 30.3 Å². The van der Waals surface area contributed by atoms with Crippen molar-refractivity contribution in [2.75, 3.05) is 6.35 Å². The number of para-hydroxylation sites is 1. The minimum atomic E-state index is -3.32. The van der Waals surface area contributed by atoms with Crippen LogP contribution in [0, 0.1) is 0 Å². The maximum absolute atomic E-state index is 12.4. The molecule has 0 aromatic heterocycles. The van der Waals surface area contributed by atoms with Gasteiger partial charge in [-0.1, -0.05) is 22.5 Å². The number of rotatable bonds is 10. The molecule has 6 nitrogen and oxygen atoms in total. The monoisotopic (exact) mass is 336 g/mol. The lowest BCUT2D eigenvalue weighted by atomic mass is 10.3. The molecule has 0 aliphatic heterocycles. The lowest BCUT2D eigenvalue weighted by Crippen LogP contribution is -2.10. The second-order valence-electron chi connectivity index (χ2n) is 4.70. The van der Waals surface area contributed by atoms with Crippen LogP contribution < -0.4 is 4.89 Å². The van der Waals surface area contributed by atoms with Gasteiger partial charge in [-0.3, -0.25) is 8.75 Å². The zero-order valence-corrected chi connectivity index (χ0v) is 14.3. The summed E-state index contributed by atoms with van der Waals surface area (Å²) in [6.45, 7) is 7.11. The number of benzene rings is 1. The first-order chi connectivity index (χ1) is 9.91. The molecular formula is C13H21O6PS. The topological polar surface area (TPSA) is 63.2 Å². The van der Waals surface area contributed by atoms with E-state index in [1.807, 2.05) is 18.2 Å². The van der Waals surface area contributed by atoms with Gasteiger partial charge in [-0.25, -0.2) is 0 Å². The zero-order chi connectivity index (χ0) is 15.7. The average molecular weight is 336 g/mol. The van der Waals surface area contributed by atoms with Crippen LogP contribution in [0.4, 0.5) is 0 Å². The van der Waals surface area contributed by atoms with E-state index >= 15 is 0 Å². The van der Waals surface area contributed by atoms with E-state index in [-0.39, 0.29) is 18.6 Å². The van der Waals surface area contributed by atoms with Gasteiger partial charge in [-0.2, -0.15) is 0 Å². The van der Waals surface area contributed by atoms with Crippen molar-refractivity contribution in [1.82, 2.24) is 0 Å². The van der Waals surface area contributed by atoms with Crippen LogP contribution in [-0.4, -0.2) is 18.6 Å². The molecule has 0 atom stereocenters. The van der Waals surface area contributed by atoms with Gasteiger partial charge in [0.1, 0.15) is 0 Å². The fourth-order valence-electron chi connectivity index (χ4n) is 1.36. The van der Waals surface area contributed by atoms with Gasteiger partial charge in [0.15, 0.2) is 12.1 Å². The molecule has 1 aromatic carbocycles. The van der Waals surface area contributed by atoms with E-state index < -0.39 is 7.60 Å². The minimum absolute atomic E-state index is 0.230. The summed E-state index contributed by atoms with van der Waals surface area (Å²) in [6.07, 6.45) is -0.694. The Morgan fingerprint density at radius 1 is 1.05 bits per heavy atom. The van der Waals surface area contributed by atoms with E-state index in [1.54, 1.807) is 39.8 Å². The van der Waals surface area contributed by atoms with Crippen molar-refractivity contribution in [1.29, 1.82) is 0 Å². The van der Waals surface area contributed by atoms with Gasteiger partial charge in [0.05, 0.1) is 12.2 Å². The predicted octanol–water partition coefficient (Wildman–Crippen LogP) is 4.58. The SMILES string of the molecule is CC(C)OP(=O)(COSOOc1ccccc1)OC(C)C. The van der Waals surface area contributed by atoms with Crippen LogP contribution in [0.25, 0.3) is 0 Å². The summed E-state index contributed by atoms with van der Waals surface area (Å²) in [5.74, 6) is 0.536. The third-order valence-electron chi connectivity index (χ3n) is 1.90. The summed E-state index contributed by atoms with van der Waals surface area (Å²) in [5, 5.41) is 0. The average Bonchev–Trinajstić information content (AvgIpc) is 2.37. The first kappa shape index (κ1) is 18.5. The van der Waals surface area contributed by atoms with Crippen LogP contribution >= 0.6 is 19.9 Å². The Kier molecular flexibility index (Phi) is 8.33. The first-order valence-corrected chi connectivity index (χ1v) is 8.94. The van der Waals surface area contributed by atoms with Crippen molar-refractivity contribution in [3.05, 3.63) is 30.3 Å². The highest BCUT2D eigenvalue weighted by atomic mass is 32.2. The summed E-state index contributed by atoms with van der Waals surface area (Å²) in [5.41, 5.74) is 0. The standard InChI is InChI=1S/C13H21O6PS/c1-11(2)17-20(14,18-12(3)4)10-15-21-19-16-13-8-6-5-7-9-13/h5-9,11-12H,10H2,1-4H3. The second-order valence-corrected chi connectivity index (χ2v) is 7.11. The molecule has 0 radical (unpaired) electrons. The molecule has 0 saturated heterocycles. The highest BCUT2D eigenvalue weighted by molar-refractivity contribution is 7.90. The normalized spacial score (nSPS) is 12.1. The van der Waals surface area contributed by atoms with Crippen molar-refractivity contribution in [2.45, 2.75) is 39.9 Å². The maximum atomic E-state index is 12.4. The van der Waals surface area contributed by atoms with Crippen LogP contribution in [-0.2, 0) is 22.1 Å². The molecule has 0 bridgehead atoms. The van der Waals surface area contributed by atoms with Crippen molar-refractivity contribution >= 4 is 19.9 Å². The summed E-state index contributed by atoms with van der Waals surface area (Å²) in [4.78, 5) is 4.95. The highest BCUT2D eigenvalue weighted by Gasteiger charge is 2.28. The van der Waals surface area contributed by atoms with E-state index in [2.05, 4.69) is 0 Å². The highest BCUT2D eigenvalue weighted by Crippen LogP contribution is 2.51. The van der Waals surface area contributed by atoms with E-state index in [4.69, 9.17) is 22.5 Å². The van der Waals surface area contributed by atoms with E-state index in [9.17, 15) is 4.57 Å².